The lowest BCUT2D eigenvalue weighted by Crippen LogP contribution is -2.32. The highest BCUT2D eigenvalue weighted by Gasteiger charge is 2.27. The Balaban J connectivity index is 1.30. The van der Waals surface area contributed by atoms with Gasteiger partial charge >= 0.3 is 0 Å². The number of hydrogen-bond acceptors (Lipinski definition) is 12. The summed E-state index contributed by atoms with van der Waals surface area (Å²) in [7, 11) is 0. The van der Waals surface area contributed by atoms with Gasteiger partial charge in [-0.1, -0.05) is 47.5 Å². The summed E-state index contributed by atoms with van der Waals surface area (Å²) in [6, 6.07) is 19.9. The zero-order chi connectivity index (χ0) is 50.4. The number of amides is 4. The molecule has 0 aliphatic rings. The number of hydrogen-bond donors (Lipinski definition) is 4. The van der Waals surface area contributed by atoms with Crippen LogP contribution in [0, 0.1) is 0 Å². The van der Waals surface area contributed by atoms with Crippen LogP contribution in [0.15, 0.2) is 111 Å². The molecule has 4 N–H and O–H groups in total. The van der Waals surface area contributed by atoms with Crippen molar-refractivity contribution in [2.45, 2.75) is 63.8 Å². The Hall–Kier alpha value is -6.43. The Labute approximate surface area is 422 Å². The maximum Gasteiger partial charge on any atom is 0.258 e. The molecule has 0 aromatic heterocycles. The van der Waals surface area contributed by atoms with Crippen LogP contribution < -0.4 is 30.7 Å². The number of benzene rings is 5. The number of Topliss-reactive ketones (excluding diaryl/α,β-unsaturated/α-hetero) is 2. The normalized spacial score (nSPS) is 12.5. The summed E-state index contributed by atoms with van der Waals surface area (Å²) in [4.78, 5) is 79.3. The van der Waals surface area contributed by atoms with Crippen molar-refractivity contribution < 1.29 is 38.2 Å². The van der Waals surface area contributed by atoms with Gasteiger partial charge in [-0.3, -0.25) is 28.8 Å². The number of anilines is 4. The lowest BCUT2D eigenvalue weighted by molar-refractivity contribution is -0.127. The number of nitrogens with zero attached hydrogens (tertiary/aromatic N) is 4. The monoisotopic (exact) mass is 1040 g/mol. The molecule has 16 nitrogen and oxygen atoms in total. The number of carbonyl (C=O) groups excluding carboxylic acids is 6. The maximum absolute atomic E-state index is 13.6. The van der Waals surface area contributed by atoms with Crippen molar-refractivity contribution in [2.24, 2.45) is 20.5 Å². The minimum atomic E-state index is -1.66. The van der Waals surface area contributed by atoms with Gasteiger partial charge in [0, 0.05) is 34.3 Å². The van der Waals surface area contributed by atoms with Crippen LogP contribution in [0.4, 0.5) is 34.1 Å². The smallest absolute Gasteiger partial charge is 0.258 e. The van der Waals surface area contributed by atoms with E-state index >= 15 is 0 Å². The Morgan fingerprint density at radius 3 is 1.45 bits per heavy atom. The predicted molar refractivity (Wildman–Crippen MR) is 269 cm³/mol. The SMILES string of the molecule is CCOc1cccc(CCl)c1NC(=O)c1ccc(Cl)c(N=NC(C(C)=O)C(=O)Nc2ccc(NC(=O)C(N=Nc3cc(C(=O)Nc4c(CCl)cccc4OCC)ccc3Cl)C(C)=O)c(C(C)Cl)c2)c1. The number of para-hydroxylation sites is 2. The van der Waals surface area contributed by atoms with Crippen LogP contribution in [0.1, 0.15) is 77.4 Å². The minimum Gasteiger partial charge on any atom is -0.492 e. The number of halogens is 5. The molecule has 4 amide bonds. The Morgan fingerprint density at radius 1 is 0.594 bits per heavy atom. The van der Waals surface area contributed by atoms with Gasteiger partial charge in [0.1, 0.15) is 22.9 Å². The van der Waals surface area contributed by atoms with E-state index in [4.69, 9.17) is 67.5 Å². The third kappa shape index (κ3) is 14.1. The van der Waals surface area contributed by atoms with E-state index < -0.39 is 52.7 Å². The van der Waals surface area contributed by atoms with Crippen LogP contribution >= 0.6 is 58.0 Å². The Kier molecular flexibility index (Phi) is 19.6. The lowest BCUT2D eigenvalue weighted by atomic mass is 10.1. The van der Waals surface area contributed by atoms with Crippen LogP contribution in [0.25, 0.3) is 0 Å². The quantitative estimate of drug-likeness (QED) is 0.0314. The van der Waals surface area contributed by atoms with E-state index in [1.54, 1.807) is 57.2 Å². The van der Waals surface area contributed by atoms with E-state index in [1.807, 2.05) is 0 Å². The van der Waals surface area contributed by atoms with Gasteiger partial charge in [-0.05, 0) is 118 Å². The van der Waals surface area contributed by atoms with Crippen molar-refractivity contribution in [1.29, 1.82) is 0 Å². The fourth-order valence-corrected chi connectivity index (χ4v) is 7.35. The highest BCUT2D eigenvalue weighted by molar-refractivity contribution is 6.33. The molecule has 69 heavy (non-hydrogen) atoms. The topological polar surface area (TPSA) is 218 Å². The predicted octanol–water partition coefficient (Wildman–Crippen LogP) is 12.4. The molecule has 0 radical (unpaired) electrons. The van der Waals surface area contributed by atoms with Gasteiger partial charge in [0.25, 0.3) is 23.6 Å². The second kappa shape index (κ2) is 25.3. The maximum atomic E-state index is 13.6. The van der Waals surface area contributed by atoms with Gasteiger partial charge in [0.2, 0.25) is 12.1 Å². The Bertz CT molecular complexity index is 2820. The molecule has 0 bridgehead atoms. The van der Waals surface area contributed by atoms with Crippen LogP contribution in [-0.4, -0.2) is 60.5 Å². The first-order chi connectivity index (χ1) is 33.0. The van der Waals surface area contributed by atoms with Crippen molar-refractivity contribution in [3.63, 3.8) is 0 Å². The summed E-state index contributed by atoms with van der Waals surface area (Å²) >= 11 is 31.5. The average Bonchev–Trinajstić information content (AvgIpc) is 3.31. The summed E-state index contributed by atoms with van der Waals surface area (Å²) in [6.45, 7) is 8.22. The minimum absolute atomic E-state index is 0.00122. The highest BCUT2D eigenvalue weighted by atomic mass is 35.5. The third-order valence-corrected chi connectivity index (χ3v) is 11.3. The van der Waals surface area contributed by atoms with E-state index in [0.717, 1.165) is 13.8 Å². The van der Waals surface area contributed by atoms with E-state index in [9.17, 15) is 28.8 Å². The first kappa shape index (κ1) is 53.5. The van der Waals surface area contributed by atoms with Crippen LogP contribution in [0.5, 0.6) is 11.5 Å². The van der Waals surface area contributed by atoms with E-state index in [0.29, 0.717) is 52.8 Å². The molecule has 0 spiro atoms. The number of nitrogens with one attached hydrogen (secondary N) is 4. The van der Waals surface area contributed by atoms with Crippen LogP contribution in [0.2, 0.25) is 10.0 Å². The number of azo groups is 2. The summed E-state index contributed by atoms with van der Waals surface area (Å²) in [5.41, 5.74) is 2.98. The fraction of sp³-hybridized carbons (Fsp3) is 0.250. The van der Waals surface area contributed by atoms with Crippen molar-refractivity contribution in [3.05, 3.63) is 129 Å². The van der Waals surface area contributed by atoms with Gasteiger partial charge < -0.3 is 30.7 Å². The number of rotatable bonds is 21. The van der Waals surface area contributed by atoms with E-state index in [1.165, 1.54) is 54.6 Å². The van der Waals surface area contributed by atoms with E-state index in [-0.39, 0.29) is 55.7 Å². The zero-order valence-corrected chi connectivity index (χ0v) is 41.4. The largest absolute Gasteiger partial charge is 0.492 e. The first-order valence-electron chi connectivity index (χ1n) is 21.0. The highest BCUT2D eigenvalue weighted by Crippen LogP contribution is 2.35. The summed E-state index contributed by atoms with van der Waals surface area (Å²) in [5.74, 6) is -3.08. The van der Waals surface area contributed by atoms with Gasteiger partial charge in [0.15, 0.2) is 11.6 Å². The number of carbonyl (C=O) groups is 6. The second-order valence-electron chi connectivity index (χ2n) is 14.8. The molecule has 5 aromatic rings. The molecule has 3 unspecified atom stereocenters. The van der Waals surface area contributed by atoms with Gasteiger partial charge in [-0.25, -0.2) is 0 Å². The molecular weight excluding hydrogens is 994 g/mol. The van der Waals surface area contributed by atoms with Crippen molar-refractivity contribution in [2.75, 3.05) is 34.5 Å². The molecule has 5 aromatic carbocycles. The van der Waals surface area contributed by atoms with E-state index in [2.05, 4.69) is 41.7 Å². The molecule has 0 aliphatic carbocycles. The summed E-state index contributed by atoms with van der Waals surface area (Å²) < 4.78 is 11.3. The average molecular weight is 1040 g/mol. The van der Waals surface area contributed by atoms with Crippen molar-refractivity contribution >= 4 is 127 Å². The van der Waals surface area contributed by atoms with Gasteiger partial charge in [-0.2, -0.15) is 20.5 Å². The molecular formula is C48H45Cl5N8O8. The second-order valence-corrected chi connectivity index (χ2v) is 16.8. The number of ketones is 2. The molecule has 0 heterocycles. The van der Waals surface area contributed by atoms with Crippen LogP contribution in [-0.2, 0) is 30.9 Å². The van der Waals surface area contributed by atoms with Crippen LogP contribution in [0.3, 0.4) is 0 Å². The summed E-state index contributed by atoms with van der Waals surface area (Å²) in [5, 5.41) is 26.4. The Morgan fingerprint density at radius 2 is 1.04 bits per heavy atom. The molecule has 21 heteroatoms. The molecule has 5 rings (SSSR count). The first-order valence-corrected chi connectivity index (χ1v) is 23.3. The molecule has 0 saturated carbocycles. The number of alkyl halides is 3. The van der Waals surface area contributed by atoms with Gasteiger partial charge in [-0.15, -0.1) is 34.8 Å². The van der Waals surface area contributed by atoms with Crippen molar-refractivity contribution in [1.82, 2.24) is 0 Å². The zero-order valence-electron chi connectivity index (χ0n) is 37.7. The summed E-state index contributed by atoms with van der Waals surface area (Å²) in [6.07, 6.45) is 0. The molecule has 360 valence electrons. The molecule has 0 fully saturated rings. The lowest BCUT2D eigenvalue weighted by Gasteiger charge is -2.17. The molecule has 0 aliphatic heterocycles. The third-order valence-electron chi connectivity index (χ3n) is 9.84. The molecule has 0 saturated heterocycles. The van der Waals surface area contributed by atoms with Crippen molar-refractivity contribution in [3.8, 4) is 11.5 Å². The number of ether oxygens (including phenoxy) is 2. The van der Waals surface area contributed by atoms with Gasteiger partial charge in [0.05, 0.1) is 40.0 Å². The standard InChI is InChI=1S/C48H45Cl5N8O8/c1-6-68-39-12-8-10-30(23-49)43(39)56-45(64)28-14-17-34(52)37(20-28)58-60-41(26(4)62)47(66)54-32-16-19-36(33(22-32)25(3)51)55-48(67)42(27(5)63)61-59-38-21-29(15-18-35(38)53)46(65)57-44-31(24-50)11-9-13-40(44)69-7-2/h8-22,25,41-42H,6-7,23-24H2,1-5H3,(H,54,66)(H,55,67)(H,56,64)(H,57,65). The fourth-order valence-electron chi connectivity index (χ4n) is 6.42. The molecule has 3 atom stereocenters.